The number of hydrogen-bond acceptors (Lipinski definition) is 2. The molecule has 3 nitrogen and oxygen atoms in total. The molecule has 0 aliphatic heterocycles. The molecule has 2 bridgehead atoms. The van der Waals surface area contributed by atoms with Gasteiger partial charge in [-0.25, -0.2) is 0 Å². The van der Waals surface area contributed by atoms with E-state index in [-0.39, 0.29) is 5.91 Å². The second-order valence-corrected chi connectivity index (χ2v) is 7.69. The number of carbonyl (C=O) groups excluding carboxylic acids is 1. The molecule has 3 aliphatic carbocycles. The number of amides is 1. The highest BCUT2D eigenvalue weighted by Crippen LogP contribution is 2.44. The lowest BCUT2D eigenvalue weighted by Crippen LogP contribution is -2.44. The van der Waals surface area contributed by atoms with Crippen molar-refractivity contribution >= 4 is 5.91 Å². The predicted molar refractivity (Wildman–Crippen MR) is 90.6 cm³/mol. The van der Waals surface area contributed by atoms with Crippen molar-refractivity contribution in [2.24, 2.45) is 11.8 Å². The van der Waals surface area contributed by atoms with Gasteiger partial charge >= 0.3 is 0 Å². The Morgan fingerprint density at radius 1 is 1.17 bits per heavy atom. The van der Waals surface area contributed by atoms with Crippen molar-refractivity contribution in [1.82, 2.24) is 5.32 Å². The fourth-order valence-electron chi connectivity index (χ4n) is 4.76. The Balaban J connectivity index is 1.35. The van der Waals surface area contributed by atoms with Gasteiger partial charge in [-0.05, 0) is 87.0 Å². The molecule has 1 amide bonds. The van der Waals surface area contributed by atoms with Gasteiger partial charge < -0.3 is 10.1 Å². The number of nitrogens with one attached hydrogen (secondary N) is 1. The minimum absolute atomic E-state index is 0.0419. The van der Waals surface area contributed by atoms with Crippen LogP contribution in [0.5, 0.6) is 5.75 Å². The van der Waals surface area contributed by atoms with Gasteiger partial charge in [-0.2, -0.15) is 0 Å². The number of rotatable bonds is 4. The lowest BCUT2D eigenvalue weighted by molar-refractivity contribution is -0.128. The molecule has 0 aromatic heterocycles. The number of ether oxygens (including phenoxy) is 1. The molecular weight excluding hydrogens is 286 g/mol. The Morgan fingerprint density at radius 2 is 2.00 bits per heavy atom. The van der Waals surface area contributed by atoms with Crippen molar-refractivity contribution in [2.45, 2.75) is 70.4 Å². The third-order valence-electron chi connectivity index (χ3n) is 6.07. The molecule has 0 radical (unpaired) electrons. The average molecular weight is 313 g/mol. The third kappa shape index (κ3) is 3.11. The van der Waals surface area contributed by atoms with Gasteiger partial charge in [-0.15, -0.1) is 0 Å². The number of hydrogen-bond donors (Lipinski definition) is 1. The van der Waals surface area contributed by atoms with Crippen molar-refractivity contribution in [3.8, 4) is 5.75 Å². The summed E-state index contributed by atoms with van der Waals surface area (Å²) in [6.07, 6.45) is 9.57. The maximum atomic E-state index is 12.4. The van der Waals surface area contributed by atoms with Crippen molar-refractivity contribution in [3.63, 3.8) is 0 Å². The van der Waals surface area contributed by atoms with Gasteiger partial charge in [0.2, 0.25) is 0 Å². The molecule has 0 saturated heterocycles. The van der Waals surface area contributed by atoms with E-state index in [1.165, 1.54) is 56.1 Å². The van der Waals surface area contributed by atoms with Crippen LogP contribution < -0.4 is 10.1 Å². The van der Waals surface area contributed by atoms with Crippen LogP contribution >= 0.6 is 0 Å². The summed E-state index contributed by atoms with van der Waals surface area (Å²) in [6.45, 7) is 1.86. The molecule has 0 spiro atoms. The van der Waals surface area contributed by atoms with Crippen LogP contribution in [-0.2, 0) is 17.6 Å². The molecular formula is C20H27NO2. The van der Waals surface area contributed by atoms with E-state index in [1.807, 2.05) is 13.0 Å². The summed E-state index contributed by atoms with van der Waals surface area (Å²) in [4.78, 5) is 12.4. The zero-order chi connectivity index (χ0) is 15.8. The van der Waals surface area contributed by atoms with E-state index in [2.05, 4.69) is 17.4 Å². The summed E-state index contributed by atoms with van der Waals surface area (Å²) >= 11 is 0. The summed E-state index contributed by atoms with van der Waals surface area (Å²) in [5.41, 5.74) is 2.84. The van der Waals surface area contributed by atoms with E-state index in [0.717, 1.165) is 18.1 Å². The lowest BCUT2D eigenvalue weighted by Gasteiger charge is -2.25. The molecule has 23 heavy (non-hydrogen) atoms. The van der Waals surface area contributed by atoms with Crippen LogP contribution in [0, 0.1) is 11.8 Å². The zero-order valence-electron chi connectivity index (χ0n) is 14.0. The standard InChI is InChI=1S/C20H27NO2/c1-13(20(22)21-19-11-14-6-7-17(19)10-14)23-18-9-8-15-4-2-3-5-16(15)12-18/h8-9,12-14,17,19H,2-7,10-11H2,1H3,(H,21,22)/t13-,14+,17+,19+/m1/s1. The normalized spacial score (nSPS) is 29.9. The third-order valence-corrected chi connectivity index (χ3v) is 6.07. The molecule has 2 saturated carbocycles. The predicted octanol–water partition coefficient (Wildman–Crippen LogP) is 3.64. The Labute approximate surface area is 138 Å². The van der Waals surface area contributed by atoms with E-state index in [0.29, 0.717) is 12.0 Å². The van der Waals surface area contributed by atoms with E-state index >= 15 is 0 Å². The second kappa shape index (κ2) is 6.18. The number of carbonyl (C=O) groups is 1. The summed E-state index contributed by atoms with van der Waals surface area (Å²) in [6, 6.07) is 6.71. The van der Waals surface area contributed by atoms with Crippen LogP contribution in [-0.4, -0.2) is 18.1 Å². The second-order valence-electron chi connectivity index (χ2n) is 7.69. The quantitative estimate of drug-likeness (QED) is 0.921. The first kappa shape index (κ1) is 15.0. The maximum Gasteiger partial charge on any atom is 0.261 e. The van der Waals surface area contributed by atoms with Crippen LogP contribution in [0.25, 0.3) is 0 Å². The van der Waals surface area contributed by atoms with Gasteiger partial charge in [0.1, 0.15) is 5.75 Å². The Bertz CT molecular complexity index is 597. The number of aryl methyl sites for hydroxylation is 2. The Kier molecular flexibility index (Phi) is 4.04. The van der Waals surface area contributed by atoms with E-state index in [4.69, 9.17) is 4.74 Å². The first-order valence-corrected chi connectivity index (χ1v) is 9.28. The minimum Gasteiger partial charge on any atom is -0.481 e. The molecule has 1 aromatic rings. The molecule has 1 N–H and O–H groups in total. The van der Waals surface area contributed by atoms with Crippen molar-refractivity contribution in [1.29, 1.82) is 0 Å². The molecule has 4 atom stereocenters. The maximum absolute atomic E-state index is 12.4. The first-order valence-electron chi connectivity index (χ1n) is 9.28. The summed E-state index contributed by atoms with van der Waals surface area (Å²) < 4.78 is 5.92. The highest BCUT2D eigenvalue weighted by molar-refractivity contribution is 5.81. The average Bonchev–Trinajstić information content (AvgIpc) is 3.17. The van der Waals surface area contributed by atoms with E-state index in [1.54, 1.807) is 0 Å². The highest BCUT2D eigenvalue weighted by atomic mass is 16.5. The van der Waals surface area contributed by atoms with Crippen LogP contribution in [0.2, 0.25) is 0 Å². The zero-order valence-corrected chi connectivity index (χ0v) is 14.0. The SMILES string of the molecule is C[C@@H](Oc1ccc2c(c1)CCCC2)C(=O)N[C@H]1C[C@H]2CC[C@H]1C2. The van der Waals surface area contributed by atoms with E-state index in [9.17, 15) is 4.79 Å². The molecule has 1 aromatic carbocycles. The fraction of sp³-hybridized carbons (Fsp3) is 0.650. The van der Waals surface area contributed by atoms with Crippen LogP contribution in [0.3, 0.4) is 0 Å². The molecule has 3 aliphatic rings. The molecule has 124 valence electrons. The van der Waals surface area contributed by atoms with Gasteiger partial charge in [0, 0.05) is 6.04 Å². The molecule has 2 fully saturated rings. The molecule has 4 rings (SSSR count). The number of benzene rings is 1. The minimum atomic E-state index is -0.421. The first-order chi connectivity index (χ1) is 11.2. The van der Waals surface area contributed by atoms with Crippen molar-refractivity contribution in [3.05, 3.63) is 29.3 Å². The Morgan fingerprint density at radius 3 is 2.74 bits per heavy atom. The van der Waals surface area contributed by atoms with Crippen molar-refractivity contribution < 1.29 is 9.53 Å². The summed E-state index contributed by atoms with van der Waals surface area (Å²) in [5, 5.41) is 3.23. The van der Waals surface area contributed by atoms with Gasteiger partial charge in [0.05, 0.1) is 0 Å². The van der Waals surface area contributed by atoms with Gasteiger partial charge in [-0.3, -0.25) is 4.79 Å². The largest absolute Gasteiger partial charge is 0.481 e. The lowest BCUT2D eigenvalue weighted by atomic mass is 9.92. The highest BCUT2D eigenvalue weighted by Gasteiger charge is 2.40. The topological polar surface area (TPSA) is 38.3 Å². The monoisotopic (exact) mass is 313 g/mol. The Hall–Kier alpha value is -1.51. The summed E-state index contributed by atoms with van der Waals surface area (Å²) in [5.74, 6) is 2.43. The summed E-state index contributed by atoms with van der Waals surface area (Å²) in [7, 11) is 0. The van der Waals surface area contributed by atoms with Crippen molar-refractivity contribution in [2.75, 3.05) is 0 Å². The van der Waals surface area contributed by atoms with Gasteiger partial charge in [0.15, 0.2) is 6.10 Å². The van der Waals surface area contributed by atoms with Crippen LogP contribution in [0.4, 0.5) is 0 Å². The molecule has 3 heteroatoms. The van der Waals surface area contributed by atoms with Crippen LogP contribution in [0.1, 0.15) is 56.6 Å². The molecule has 0 unspecified atom stereocenters. The van der Waals surface area contributed by atoms with Gasteiger partial charge in [0.25, 0.3) is 5.91 Å². The van der Waals surface area contributed by atoms with E-state index < -0.39 is 6.10 Å². The number of fused-ring (bicyclic) bond motifs is 3. The van der Waals surface area contributed by atoms with Gasteiger partial charge in [-0.1, -0.05) is 12.5 Å². The fourth-order valence-corrected chi connectivity index (χ4v) is 4.76. The smallest absolute Gasteiger partial charge is 0.261 e. The van der Waals surface area contributed by atoms with Crippen LogP contribution in [0.15, 0.2) is 18.2 Å². The molecule has 0 heterocycles.